The molecule has 4 rings (SSSR count). The van der Waals surface area contributed by atoms with Crippen LogP contribution in [-0.2, 0) is 0 Å². The van der Waals surface area contributed by atoms with Gasteiger partial charge in [0.15, 0.2) is 23.0 Å². The molecule has 1 aliphatic rings. The zero-order chi connectivity index (χ0) is 19.7. The van der Waals surface area contributed by atoms with Crippen LogP contribution in [0, 0.1) is 0 Å². The van der Waals surface area contributed by atoms with Crippen LogP contribution in [0.25, 0.3) is 11.1 Å². The minimum Gasteiger partial charge on any atom is -0.490 e. The van der Waals surface area contributed by atoms with Gasteiger partial charge in [-0.25, -0.2) is 4.98 Å². The highest BCUT2D eigenvalue weighted by Crippen LogP contribution is 2.32. The fourth-order valence-electron chi connectivity index (χ4n) is 3.15. The van der Waals surface area contributed by atoms with Crippen molar-refractivity contribution in [2.24, 2.45) is 0 Å². The number of oxazole rings is 1. The van der Waals surface area contributed by atoms with E-state index in [0.717, 1.165) is 23.5 Å². The molecule has 1 unspecified atom stereocenters. The number of rotatable bonds is 4. The highest BCUT2D eigenvalue weighted by atomic mass is 16.5. The summed E-state index contributed by atoms with van der Waals surface area (Å²) < 4.78 is 17.1. The van der Waals surface area contributed by atoms with E-state index >= 15 is 0 Å². The fraction of sp³-hybridized carbons (Fsp3) is 0.364. The molecule has 0 bridgehead atoms. The van der Waals surface area contributed by atoms with Crippen molar-refractivity contribution < 1.29 is 18.7 Å². The standard InChI is InChI=1S/C22H24N2O4/c1-13(2)22-24-17-11-16(6-7-18(17)28-22)21(25)23-14(3)15-5-8-19-20(12-15)27-10-4-9-26-19/h5-8,11-14H,4,9-10H2,1-3H3,(H,23,25). The molecule has 0 spiro atoms. The first kappa shape index (κ1) is 18.3. The normalized spacial score (nSPS) is 14.7. The molecule has 1 aliphatic heterocycles. The predicted molar refractivity (Wildman–Crippen MR) is 106 cm³/mol. The number of ether oxygens (including phenoxy) is 2. The zero-order valence-corrected chi connectivity index (χ0v) is 16.3. The molecule has 6 nitrogen and oxygen atoms in total. The second-order valence-electron chi connectivity index (χ2n) is 7.34. The van der Waals surface area contributed by atoms with Crippen LogP contribution < -0.4 is 14.8 Å². The van der Waals surface area contributed by atoms with Gasteiger partial charge >= 0.3 is 0 Å². The van der Waals surface area contributed by atoms with Crippen molar-refractivity contribution in [3.05, 3.63) is 53.4 Å². The highest BCUT2D eigenvalue weighted by Gasteiger charge is 2.17. The van der Waals surface area contributed by atoms with E-state index in [-0.39, 0.29) is 17.9 Å². The Morgan fingerprint density at radius 3 is 2.61 bits per heavy atom. The van der Waals surface area contributed by atoms with Crippen molar-refractivity contribution in [2.75, 3.05) is 13.2 Å². The van der Waals surface area contributed by atoms with E-state index in [0.29, 0.717) is 35.8 Å². The molecule has 3 aromatic rings. The first-order valence-electron chi connectivity index (χ1n) is 9.62. The van der Waals surface area contributed by atoms with Gasteiger partial charge in [-0.2, -0.15) is 0 Å². The van der Waals surface area contributed by atoms with Crippen LogP contribution in [0.4, 0.5) is 0 Å². The topological polar surface area (TPSA) is 73.6 Å². The second-order valence-corrected chi connectivity index (χ2v) is 7.34. The maximum atomic E-state index is 12.7. The fourth-order valence-corrected chi connectivity index (χ4v) is 3.15. The van der Waals surface area contributed by atoms with Crippen molar-refractivity contribution in [2.45, 2.75) is 39.2 Å². The third-order valence-corrected chi connectivity index (χ3v) is 4.78. The van der Waals surface area contributed by atoms with Gasteiger partial charge in [0.25, 0.3) is 5.91 Å². The molecule has 1 atom stereocenters. The van der Waals surface area contributed by atoms with Crippen LogP contribution in [0.3, 0.4) is 0 Å². The summed E-state index contributed by atoms with van der Waals surface area (Å²) in [4.78, 5) is 17.2. The van der Waals surface area contributed by atoms with Crippen molar-refractivity contribution in [3.8, 4) is 11.5 Å². The summed E-state index contributed by atoms with van der Waals surface area (Å²) in [7, 11) is 0. The van der Waals surface area contributed by atoms with E-state index < -0.39 is 0 Å². The molecule has 2 heterocycles. The van der Waals surface area contributed by atoms with Crippen LogP contribution in [0.2, 0.25) is 0 Å². The first-order chi connectivity index (χ1) is 13.5. The van der Waals surface area contributed by atoms with Crippen LogP contribution in [0.1, 0.15) is 61.0 Å². The van der Waals surface area contributed by atoms with E-state index in [2.05, 4.69) is 10.3 Å². The van der Waals surface area contributed by atoms with Gasteiger partial charge in [0.1, 0.15) is 5.52 Å². The number of hydrogen-bond donors (Lipinski definition) is 1. The van der Waals surface area contributed by atoms with Gasteiger partial charge in [-0.05, 0) is 42.8 Å². The molecule has 1 N–H and O–H groups in total. The van der Waals surface area contributed by atoms with Crippen LogP contribution >= 0.6 is 0 Å². The number of amides is 1. The maximum Gasteiger partial charge on any atom is 0.251 e. The molecule has 1 aromatic heterocycles. The van der Waals surface area contributed by atoms with Crippen molar-refractivity contribution in [3.63, 3.8) is 0 Å². The Labute approximate surface area is 163 Å². The lowest BCUT2D eigenvalue weighted by atomic mass is 10.1. The van der Waals surface area contributed by atoms with Crippen LogP contribution in [0.15, 0.2) is 40.8 Å². The quantitative estimate of drug-likeness (QED) is 0.716. The van der Waals surface area contributed by atoms with Gasteiger partial charge in [-0.1, -0.05) is 19.9 Å². The Bertz CT molecular complexity index is 1010. The van der Waals surface area contributed by atoms with Crippen LogP contribution in [-0.4, -0.2) is 24.1 Å². The summed E-state index contributed by atoms with van der Waals surface area (Å²) in [6.45, 7) is 7.28. The number of nitrogens with one attached hydrogen (secondary N) is 1. The SMILES string of the molecule is CC(C)c1nc2cc(C(=O)NC(C)c3ccc4c(c3)OCCCO4)ccc2o1. The molecule has 1 amide bonds. The van der Waals surface area contributed by atoms with Gasteiger partial charge in [0.05, 0.1) is 19.3 Å². The first-order valence-corrected chi connectivity index (χ1v) is 9.62. The van der Waals surface area contributed by atoms with Gasteiger partial charge in [0.2, 0.25) is 0 Å². The van der Waals surface area contributed by atoms with Crippen molar-refractivity contribution in [1.29, 1.82) is 0 Å². The Balaban J connectivity index is 1.51. The molecule has 6 heteroatoms. The number of aromatic nitrogens is 1. The van der Waals surface area contributed by atoms with E-state index in [4.69, 9.17) is 13.9 Å². The number of nitrogens with zero attached hydrogens (tertiary/aromatic N) is 1. The molecular formula is C22H24N2O4. The Kier molecular flexibility index (Phi) is 4.94. The molecule has 0 saturated carbocycles. The summed E-state index contributed by atoms with van der Waals surface area (Å²) >= 11 is 0. The molecule has 146 valence electrons. The monoisotopic (exact) mass is 380 g/mol. The predicted octanol–water partition coefficient (Wildman–Crippen LogP) is 4.60. The Morgan fingerprint density at radius 2 is 1.82 bits per heavy atom. The molecule has 0 aliphatic carbocycles. The number of hydrogen-bond acceptors (Lipinski definition) is 5. The minimum absolute atomic E-state index is 0.157. The van der Waals surface area contributed by atoms with E-state index in [9.17, 15) is 4.79 Å². The molecular weight excluding hydrogens is 356 g/mol. The van der Waals surface area contributed by atoms with Crippen molar-refractivity contribution in [1.82, 2.24) is 10.3 Å². The lowest BCUT2D eigenvalue weighted by Crippen LogP contribution is -2.26. The second kappa shape index (κ2) is 7.54. The van der Waals surface area contributed by atoms with Crippen molar-refractivity contribution >= 4 is 17.0 Å². The average molecular weight is 380 g/mol. The minimum atomic E-state index is -0.177. The molecule has 0 radical (unpaired) electrons. The summed E-state index contributed by atoms with van der Waals surface area (Å²) in [5, 5.41) is 3.04. The van der Waals surface area contributed by atoms with E-state index in [1.165, 1.54) is 0 Å². The number of benzene rings is 2. The van der Waals surface area contributed by atoms with E-state index in [1.807, 2.05) is 39.0 Å². The smallest absolute Gasteiger partial charge is 0.251 e. The highest BCUT2D eigenvalue weighted by molar-refractivity contribution is 5.97. The number of fused-ring (bicyclic) bond motifs is 2. The Morgan fingerprint density at radius 1 is 1.04 bits per heavy atom. The molecule has 2 aromatic carbocycles. The number of carbonyl (C=O) groups excluding carboxylic acids is 1. The Hall–Kier alpha value is -3.02. The average Bonchev–Trinajstić information content (AvgIpc) is 2.98. The zero-order valence-electron chi connectivity index (χ0n) is 16.3. The van der Waals surface area contributed by atoms with Gasteiger partial charge in [-0.15, -0.1) is 0 Å². The van der Waals surface area contributed by atoms with Gasteiger partial charge in [0, 0.05) is 17.9 Å². The summed E-state index contributed by atoms with van der Waals surface area (Å²) in [6, 6.07) is 10.9. The van der Waals surface area contributed by atoms with E-state index in [1.54, 1.807) is 18.2 Å². The van der Waals surface area contributed by atoms with Gasteiger partial charge < -0.3 is 19.2 Å². The lowest BCUT2D eigenvalue weighted by Gasteiger charge is -2.16. The summed E-state index contributed by atoms with van der Waals surface area (Å²) in [5.41, 5.74) is 2.90. The number of carbonyl (C=O) groups is 1. The third kappa shape index (κ3) is 3.67. The third-order valence-electron chi connectivity index (χ3n) is 4.78. The largest absolute Gasteiger partial charge is 0.490 e. The maximum absolute atomic E-state index is 12.7. The van der Waals surface area contributed by atoms with Gasteiger partial charge in [-0.3, -0.25) is 4.79 Å². The molecule has 0 saturated heterocycles. The lowest BCUT2D eigenvalue weighted by molar-refractivity contribution is 0.0940. The summed E-state index contributed by atoms with van der Waals surface area (Å²) in [5.74, 6) is 2.19. The van der Waals surface area contributed by atoms with Crippen LogP contribution in [0.5, 0.6) is 11.5 Å². The molecule has 28 heavy (non-hydrogen) atoms. The summed E-state index contributed by atoms with van der Waals surface area (Å²) in [6.07, 6.45) is 0.860. The molecule has 0 fully saturated rings.